The van der Waals surface area contributed by atoms with Gasteiger partial charge in [-0.25, -0.2) is 0 Å². The second-order valence-corrected chi connectivity index (χ2v) is 6.51. The normalized spacial score (nSPS) is 16.1. The van der Waals surface area contributed by atoms with Crippen LogP contribution in [-0.4, -0.2) is 48.9 Å². The van der Waals surface area contributed by atoms with Crippen LogP contribution in [0.15, 0.2) is 24.3 Å². The van der Waals surface area contributed by atoms with Gasteiger partial charge in [-0.3, -0.25) is 9.59 Å². The van der Waals surface area contributed by atoms with E-state index in [-0.39, 0.29) is 30.1 Å². The summed E-state index contributed by atoms with van der Waals surface area (Å²) >= 11 is 6.07. The molecule has 0 radical (unpaired) electrons. The van der Waals surface area contributed by atoms with Crippen molar-refractivity contribution in [1.29, 1.82) is 0 Å². The summed E-state index contributed by atoms with van der Waals surface area (Å²) in [7, 11) is 0. The highest BCUT2D eigenvalue weighted by molar-refractivity contribution is 6.33. The van der Waals surface area contributed by atoms with Gasteiger partial charge >= 0.3 is 0 Å². The van der Waals surface area contributed by atoms with Gasteiger partial charge < -0.3 is 15.5 Å². The zero-order valence-corrected chi connectivity index (χ0v) is 15.6. The molecule has 0 saturated carbocycles. The van der Waals surface area contributed by atoms with E-state index in [1.165, 1.54) is 0 Å². The number of nitrogens with zero attached hydrogens (tertiary/aromatic N) is 1. The van der Waals surface area contributed by atoms with E-state index in [4.69, 9.17) is 11.6 Å². The molecule has 1 aromatic carbocycles. The lowest BCUT2D eigenvalue weighted by Crippen LogP contribution is -2.52. The fraction of sp³-hybridized carbons (Fsp3) is 0.529. The first kappa shape index (κ1) is 20.7. The highest BCUT2D eigenvalue weighted by atomic mass is 35.5. The second kappa shape index (κ2) is 9.87. The van der Waals surface area contributed by atoms with Crippen LogP contribution in [0, 0.1) is 5.92 Å². The topological polar surface area (TPSA) is 61.4 Å². The van der Waals surface area contributed by atoms with Crippen LogP contribution in [0.1, 0.15) is 30.6 Å². The third-order valence-electron chi connectivity index (χ3n) is 3.99. The number of nitrogens with one attached hydrogen (secondary N) is 2. The number of amides is 2. The van der Waals surface area contributed by atoms with Crippen molar-refractivity contribution in [1.82, 2.24) is 15.5 Å². The highest BCUT2D eigenvalue weighted by Gasteiger charge is 2.29. The van der Waals surface area contributed by atoms with Gasteiger partial charge in [-0.2, -0.15) is 0 Å². The van der Waals surface area contributed by atoms with Gasteiger partial charge in [0.25, 0.3) is 5.91 Å². The van der Waals surface area contributed by atoms with Crippen molar-refractivity contribution >= 4 is 35.8 Å². The van der Waals surface area contributed by atoms with Gasteiger partial charge in [0, 0.05) is 19.6 Å². The summed E-state index contributed by atoms with van der Waals surface area (Å²) in [4.78, 5) is 27.1. The van der Waals surface area contributed by atoms with Crippen LogP contribution in [0.5, 0.6) is 0 Å². The quantitative estimate of drug-likeness (QED) is 0.851. The van der Waals surface area contributed by atoms with Gasteiger partial charge in [0.05, 0.1) is 10.6 Å². The molecule has 1 aromatic rings. The van der Waals surface area contributed by atoms with E-state index in [1.54, 1.807) is 24.3 Å². The van der Waals surface area contributed by atoms with Gasteiger partial charge in [-0.15, -0.1) is 12.4 Å². The SMILES string of the molecule is CC(C)C(NC(=O)c1ccccc1Cl)C(=O)N1CCCNCC1.Cl. The van der Waals surface area contributed by atoms with E-state index < -0.39 is 6.04 Å². The molecule has 5 nitrogen and oxygen atoms in total. The highest BCUT2D eigenvalue weighted by Crippen LogP contribution is 2.16. The Labute approximate surface area is 154 Å². The zero-order chi connectivity index (χ0) is 16.8. The van der Waals surface area contributed by atoms with E-state index in [0.717, 1.165) is 26.1 Å². The maximum absolute atomic E-state index is 12.8. The maximum Gasteiger partial charge on any atom is 0.253 e. The molecule has 0 bridgehead atoms. The molecule has 1 unspecified atom stereocenters. The van der Waals surface area contributed by atoms with Gasteiger partial charge in [-0.05, 0) is 31.0 Å². The molecule has 1 heterocycles. The average Bonchev–Trinajstić information content (AvgIpc) is 2.81. The van der Waals surface area contributed by atoms with E-state index in [1.807, 2.05) is 18.7 Å². The molecule has 1 aliphatic heterocycles. The van der Waals surface area contributed by atoms with Crippen molar-refractivity contribution in [3.63, 3.8) is 0 Å². The van der Waals surface area contributed by atoms with E-state index >= 15 is 0 Å². The molecule has 1 saturated heterocycles. The number of halogens is 2. The van der Waals surface area contributed by atoms with Crippen LogP contribution in [0.3, 0.4) is 0 Å². The van der Waals surface area contributed by atoms with Gasteiger partial charge in [0.1, 0.15) is 6.04 Å². The van der Waals surface area contributed by atoms with Crippen molar-refractivity contribution in [2.75, 3.05) is 26.2 Å². The number of hydrogen-bond acceptors (Lipinski definition) is 3. The molecule has 2 amide bonds. The molecule has 24 heavy (non-hydrogen) atoms. The second-order valence-electron chi connectivity index (χ2n) is 6.10. The fourth-order valence-corrected chi connectivity index (χ4v) is 2.86. The minimum absolute atomic E-state index is 0. The lowest BCUT2D eigenvalue weighted by atomic mass is 10.0. The Morgan fingerprint density at radius 1 is 1.21 bits per heavy atom. The van der Waals surface area contributed by atoms with E-state index in [2.05, 4.69) is 10.6 Å². The van der Waals surface area contributed by atoms with Crippen LogP contribution in [0.2, 0.25) is 5.02 Å². The number of benzene rings is 1. The molecule has 134 valence electrons. The molecule has 0 aliphatic carbocycles. The molecule has 7 heteroatoms. The molecule has 2 N–H and O–H groups in total. The van der Waals surface area contributed by atoms with Crippen molar-refractivity contribution in [3.8, 4) is 0 Å². The van der Waals surface area contributed by atoms with Crippen LogP contribution >= 0.6 is 24.0 Å². The third kappa shape index (κ3) is 5.36. The maximum atomic E-state index is 12.8. The number of carbonyl (C=O) groups is 2. The zero-order valence-electron chi connectivity index (χ0n) is 14.0. The lowest BCUT2D eigenvalue weighted by molar-refractivity contribution is -0.134. The van der Waals surface area contributed by atoms with Crippen LogP contribution in [-0.2, 0) is 4.79 Å². The van der Waals surface area contributed by atoms with Crippen molar-refractivity contribution < 1.29 is 9.59 Å². The molecule has 0 aromatic heterocycles. The summed E-state index contributed by atoms with van der Waals surface area (Å²) in [5.74, 6) is -0.329. The first-order valence-electron chi connectivity index (χ1n) is 8.05. The summed E-state index contributed by atoms with van der Waals surface area (Å²) in [6.45, 7) is 6.97. The molecule has 1 aliphatic rings. The molecular weight excluding hydrogens is 349 g/mol. The lowest BCUT2D eigenvalue weighted by Gasteiger charge is -2.28. The van der Waals surface area contributed by atoms with Crippen LogP contribution < -0.4 is 10.6 Å². The van der Waals surface area contributed by atoms with Crippen LogP contribution in [0.25, 0.3) is 0 Å². The molecule has 1 atom stereocenters. The minimum atomic E-state index is -0.545. The van der Waals surface area contributed by atoms with Crippen molar-refractivity contribution in [2.45, 2.75) is 26.3 Å². The Morgan fingerprint density at radius 3 is 2.58 bits per heavy atom. The third-order valence-corrected chi connectivity index (χ3v) is 4.32. The predicted octanol–water partition coefficient (Wildman–Crippen LogP) is 2.34. The van der Waals surface area contributed by atoms with Crippen molar-refractivity contribution in [3.05, 3.63) is 34.9 Å². The van der Waals surface area contributed by atoms with E-state index in [9.17, 15) is 9.59 Å². The largest absolute Gasteiger partial charge is 0.340 e. The molecule has 0 spiro atoms. The Morgan fingerprint density at radius 2 is 1.92 bits per heavy atom. The number of rotatable bonds is 4. The summed E-state index contributed by atoms with van der Waals surface area (Å²) in [6.07, 6.45) is 0.926. The first-order valence-corrected chi connectivity index (χ1v) is 8.43. The standard InChI is InChI=1S/C17H24ClN3O2.ClH/c1-12(2)15(17(23)21-10-5-8-19-9-11-21)20-16(22)13-6-3-4-7-14(13)18;/h3-4,6-7,12,15,19H,5,8-11H2,1-2H3,(H,20,22);1H. The number of carbonyl (C=O) groups excluding carboxylic acids is 2. The summed E-state index contributed by atoms with van der Waals surface area (Å²) in [6, 6.07) is 6.32. The minimum Gasteiger partial charge on any atom is -0.340 e. The Hall–Kier alpha value is -1.30. The van der Waals surface area contributed by atoms with Crippen molar-refractivity contribution in [2.24, 2.45) is 5.92 Å². The smallest absolute Gasteiger partial charge is 0.253 e. The summed E-state index contributed by atoms with van der Waals surface area (Å²) < 4.78 is 0. The predicted molar refractivity (Wildman–Crippen MR) is 98.9 cm³/mol. The molecular formula is C17H25Cl2N3O2. The Bertz CT molecular complexity index is 559. The number of hydrogen-bond donors (Lipinski definition) is 2. The average molecular weight is 374 g/mol. The Balaban J connectivity index is 0.00000288. The Kier molecular flexibility index (Phi) is 8.53. The van der Waals surface area contributed by atoms with E-state index in [0.29, 0.717) is 17.1 Å². The van der Waals surface area contributed by atoms with Gasteiger partial charge in [-0.1, -0.05) is 37.6 Å². The first-order chi connectivity index (χ1) is 11.0. The summed E-state index contributed by atoms with van der Waals surface area (Å²) in [5, 5.41) is 6.52. The fourth-order valence-electron chi connectivity index (χ4n) is 2.64. The molecule has 2 rings (SSSR count). The van der Waals surface area contributed by atoms with Gasteiger partial charge in [0.2, 0.25) is 5.91 Å². The monoisotopic (exact) mass is 373 g/mol. The summed E-state index contributed by atoms with van der Waals surface area (Å²) in [5.41, 5.74) is 0.394. The van der Waals surface area contributed by atoms with Gasteiger partial charge in [0.15, 0.2) is 0 Å². The molecule has 1 fully saturated rings. The van der Waals surface area contributed by atoms with Crippen LogP contribution in [0.4, 0.5) is 0 Å².